The highest BCUT2D eigenvalue weighted by molar-refractivity contribution is 6.40. The molecule has 0 fully saturated rings. The van der Waals surface area contributed by atoms with Gasteiger partial charge in [-0.25, -0.2) is 5.43 Å². The molecule has 0 saturated heterocycles. The summed E-state index contributed by atoms with van der Waals surface area (Å²) in [4.78, 5) is 23.9. The molecule has 0 spiro atoms. The smallest absolute Gasteiger partial charge is 0.329 e. The second kappa shape index (κ2) is 11.0. The first-order chi connectivity index (χ1) is 15.3. The van der Waals surface area contributed by atoms with Gasteiger partial charge < -0.3 is 10.1 Å². The van der Waals surface area contributed by atoms with Gasteiger partial charge in [-0.2, -0.15) is 5.10 Å². The fraction of sp³-hybridized carbons (Fsp3) is 0.0870. The first-order valence-electron chi connectivity index (χ1n) is 9.40. The summed E-state index contributed by atoms with van der Waals surface area (Å²) in [6.07, 6.45) is 1.36. The molecule has 0 radical (unpaired) electrons. The average molecular weight is 491 g/mol. The number of nitrogens with one attached hydrogen (secondary N) is 2. The Morgan fingerprint density at radius 3 is 2.44 bits per heavy atom. The highest BCUT2D eigenvalue weighted by Gasteiger charge is 2.13. The largest absolute Gasteiger partial charge is 0.487 e. The van der Waals surface area contributed by atoms with Gasteiger partial charge in [0.1, 0.15) is 12.4 Å². The van der Waals surface area contributed by atoms with Gasteiger partial charge in [-0.15, -0.1) is 0 Å². The fourth-order valence-electron chi connectivity index (χ4n) is 2.56. The van der Waals surface area contributed by atoms with E-state index in [0.717, 1.165) is 11.1 Å². The number of hydrogen-bond donors (Lipinski definition) is 2. The Kier molecular flexibility index (Phi) is 8.11. The van der Waals surface area contributed by atoms with Crippen molar-refractivity contribution >= 4 is 58.5 Å². The normalized spacial score (nSPS) is 10.8. The number of nitrogens with zero attached hydrogens (tertiary/aromatic N) is 1. The van der Waals surface area contributed by atoms with E-state index in [1.54, 1.807) is 42.5 Å². The van der Waals surface area contributed by atoms with Crippen molar-refractivity contribution < 1.29 is 14.3 Å². The van der Waals surface area contributed by atoms with Crippen LogP contribution in [0, 0.1) is 6.92 Å². The number of hydrogen-bond acceptors (Lipinski definition) is 4. The van der Waals surface area contributed by atoms with Gasteiger partial charge in [0.15, 0.2) is 0 Å². The molecule has 0 unspecified atom stereocenters. The molecule has 0 aromatic heterocycles. The van der Waals surface area contributed by atoms with E-state index in [2.05, 4.69) is 15.8 Å². The van der Waals surface area contributed by atoms with Gasteiger partial charge in [0, 0.05) is 21.3 Å². The monoisotopic (exact) mass is 489 g/mol. The zero-order chi connectivity index (χ0) is 23.1. The van der Waals surface area contributed by atoms with Crippen molar-refractivity contribution in [1.82, 2.24) is 5.43 Å². The lowest BCUT2D eigenvalue weighted by Crippen LogP contribution is -2.32. The second-order valence-electron chi connectivity index (χ2n) is 6.69. The average Bonchev–Trinajstić information content (AvgIpc) is 2.76. The molecule has 0 bridgehead atoms. The van der Waals surface area contributed by atoms with E-state index in [1.165, 1.54) is 6.21 Å². The van der Waals surface area contributed by atoms with Crippen LogP contribution in [0.1, 0.15) is 16.7 Å². The van der Waals surface area contributed by atoms with Crippen LogP contribution in [0.5, 0.6) is 5.75 Å². The Morgan fingerprint density at radius 1 is 0.938 bits per heavy atom. The minimum Gasteiger partial charge on any atom is -0.487 e. The minimum absolute atomic E-state index is 0.268. The SMILES string of the molecule is Cc1ccc(NC(=O)C(=O)N/N=C\c2ccc(OCc3ccccc3Cl)c(Cl)c2)cc1Cl. The van der Waals surface area contributed by atoms with Gasteiger partial charge in [0.05, 0.1) is 11.2 Å². The maximum Gasteiger partial charge on any atom is 0.329 e. The van der Waals surface area contributed by atoms with E-state index in [1.807, 2.05) is 25.1 Å². The summed E-state index contributed by atoms with van der Waals surface area (Å²) >= 11 is 18.4. The third-order valence-corrected chi connectivity index (χ3v) is 5.38. The van der Waals surface area contributed by atoms with Crippen molar-refractivity contribution in [2.45, 2.75) is 13.5 Å². The number of hydrazone groups is 1. The molecule has 32 heavy (non-hydrogen) atoms. The van der Waals surface area contributed by atoms with Crippen LogP contribution < -0.4 is 15.5 Å². The lowest BCUT2D eigenvalue weighted by Gasteiger charge is -2.09. The lowest BCUT2D eigenvalue weighted by atomic mass is 10.2. The molecule has 2 N–H and O–H groups in total. The predicted molar refractivity (Wildman–Crippen MR) is 128 cm³/mol. The molecule has 3 aromatic carbocycles. The van der Waals surface area contributed by atoms with Crippen molar-refractivity contribution in [3.05, 3.63) is 92.4 Å². The van der Waals surface area contributed by atoms with Gasteiger partial charge in [-0.05, 0) is 54.4 Å². The van der Waals surface area contributed by atoms with E-state index in [0.29, 0.717) is 32.1 Å². The molecular formula is C23H18Cl3N3O3. The van der Waals surface area contributed by atoms with Crippen LogP contribution in [0.25, 0.3) is 0 Å². The fourth-order valence-corrected chi connectivity index (χ4v) is 3.17. The number of carbonyl (C=O) groups is 2. The van der Waals surface area contributed by atoms with Gasteiger partial charge in [0.2, 0.25) is 0 Å². The molecular weight excluding hydrogens is 473 g/mol. The summed E-state index contributed by atoms with van der Waals surface area (Å²) in [6, 6.07) is 17.3. The number of benzene rings is 3. The highest BCUT2D eigenvalue weighted by Crippen LogP contribution is 2.27. The molecule has 6 nitrogen and oxygen atoms in total. The molecule has 3 rings (SSSR count). The van der Waals surface area contributed by atoms with Crippen molar-refractivity contribution in [1.29, 1.82) is 0 Å². The van der Waals surface area contributed by atoms with E-state index < -0.39 is 11.8 Å². The van der Waals surface area contributed by atoms with Gasteiger partial charge in [0.25, 0.3) is 0 Å². The van der Waals surface area contributed by atoms with Gasteiger partial charge >= 0.3 is 11.8 Å². The topological polar surface area (TPSA) is 79.8 Å². The Balaban J connectivity index is 1.53. The Labute approximate surface area is 200 Å². The number of anilines is 1. The molecule has 0 aliphatic heterocycles. The van der Waals surface area contributed by atoms with Crippen LogP contribution in [-0.2, 0) is 16.2 Å². The molecule has 164 valence electrons. The van der Waals surface area contributed by atoms with Crippen LogP contribution in [0.4, 0.5) is 5.69 Å². The van der Waals surface area contributed by atoms with Crippen molar-refractivity contribution in [2.24, 2.45) is 5.10 Å². The number of ether oxygens (including phenoxy) is 1. The third-order valence-electron chi connectivity index (χ3n) is 4.31. The van der Waals surface area contributed by atoms with Crippen LogP contribution >= 0.6 is 34.8 Å². The highest BCUT2D eigenvalue weighted by atomic mass is 35.5. The Bertz CT molecular complexity index is 1180. The molecule has 0 aliphatic rings. The molecule has 0 aliphatic carbocycles. The van der Waals surface area contributed by atoms with Crippen molar-refractivity contribution in [3.63, 3.8) is 0 Å². The van der Waals surface area contributed by atoms with E-state index in [9.17, 15) is 9.59 Å². The molecule has 3 aromatic rings. The standard InChI is InChI=1S/C23H18Cl3N3O3/c1-14-6-8-17(11-19(14)25)28-22(30)23(31)29-27-12-15-7-9-21(20(26)10-15)32-13-16-4-2-3-5-18(16)24/h2-12H,13H2,1H3,(H,28,30)(H,29,31)/b27-12-. The number of aryl methyl sites for hydroxylation is 1. The number of halogens is 3. The van der Waals surface area contributed by atoms with E-state index in [-0.39, 0.29) is 6.61 Å². The predicted octanol–water partition coefficient (Wildman–Crippen LogP) is 5.62. The summed E-state index contributed by atoms with van der Waals surface area (Å²) in [5, 5.41) is 7.69. The molecule has 2 amide bonds. The number of amides is 2. The van der Waals surface area contributed by atoms with Gasteiger partial charge in [-0.3, -0.25) is 9.59 Å². The van der Waals surface area contributed by atoms with E-state index in [4.69, 9.17) is 39.5 Å². The van der Waals surface area contributed by atoms with Crippen LogP contribution in [-0.4, -0.2) is 18.0 Å². The van der Waals surface area contributed by atoms with E-state index >= 15 is 0 Å². The molecule has 0 saturated carbocycles. The van der Waals surface area contributed by atoms with Crippen LogP contribution in [0.2, 0.25) is 15.1 Å². The van der Waals surface area contributed by atoms with Crippen molar-refractivity contribution in [3.8, 4) is 5.75 Å². The zero-order valence-electron chi connectivity index (χ0n) is 16.9. The van der Waals surface area contributed by atoms with Crippen LogP contribution in [0.3, 0.4) is 0 Å². The summed E-state index contributed by atoms with van der Waals surface area (Å²) in [6.45, 7) is 2.10. The first-order valence-corrected chi connectivity index (χ1v) is 10.5. The Hall–Kier alpha value is -3.06. The minimum atomic E-state index is -0.927. The summed E-state index contributed by atoms with van der Waals surface area (Å²) in [5.41, 5.74) is 4.87. The third kappa shape index (κ3) is 6.47. The Morgan fingerprint density at radius 2 is 1.72 bits per heavy atom. The van der Waals surface area contributed by atoms with Crippen LogP contribution in [0.15, 0.2) is 65.8 Å². The quantitative estimate of drug-likeness (QED) is 0.267. The molecule has 0 heterocycles. The summed E-state index contributed by atoms with van der Waals surface area (Å²) < 4.78 is 5.71. The second-order valence-corrected chi connectivity index (χ2v) is 7.91. The summed E-state index contributed by atoms with van der Waals surface area (Å²) in [5.74, 6) is -1.32. The maximum absolute atomic E-state index is 12.0. The molecule has 9 heteroatoms. The zero-order valence-corrected chi connectivity index (χ0v) is 19.1. The maximum atomic E-state index is 12.0. The van der Waals surface area contributed by atoms with Crippen molar-refractivity contribution in [2.75, 3.05) is 5.32 Å². The summed E-state index contributed by atoms with van der Waals surface area (Å²) in [7, 11) is 0. The number of carbonyl (C=O) groups excluding carboxylic acids is 2. The van der Waals surface area contributed by atoms with Gasteiger partial charge in [-0.1, -0.05) is 59.1 Å². The lowest BCUT2D eigenvalue weighted by molar-refractivity contribution is -0.136. The molecule has 0 atom stereocenters. The first kappa shape index (κ1) is 23.6. The number of rotatable bonds is 6.